The Morgan fingerprint density at radius 1 is 1.16 bits per heavy atom. The molecule has 0 aliphatic carbocycles. The number of carbonyl (C=O) groups is 1. The molecule has 31 heavy (non-hydrogen) atoms. The van der Waals surface area contributed by atoms with Gasteiger partial charge in [-0.25, -0.2) is 4.39 Å². The number of halogens is 1. The Balaban J connectivity index is 2.00. The number of hydrogen-bond acceptors (Lipinski definition) is 6. The van der Waals surface area contributed by atoms with Crippen molar-refractivity contribution < 1.29 is 13.9 Å². The normalized spacial score (nSPS) is 12.9. The summed E-state index contributed by atoms with van der Waals surface area (Å²) in [6, 6.07) is 15.6. The molecule has 158 valence electrons. The Kier molecular flexibility index (Phi) is 7.22. The number of pyridine rings is 1. The van der Waals surface area contributed by atoms with Crippen LogP contribution in [-0.2, 0) is 4.79 Å². The van der Waals surface area contributed by atoms with E-state index in [4.69, 9.17) is 10.1 Å². The lowest BCUT2D eigenvalue weighted by Gasteiger charge is -2.23. The van der Waals surface area contributed by atoms with Gasteiger partial charge in [0.25, 0.3) is 0 Å². The van der Waals surface area contributed by atoms with Crippen molar-refractivity contribution in [2.75, 3.05) is 19.5 Å². The molecule has 0 aliphatic rings. The van der Waals surface area contributed by atoms with E-state index in [1.165, 1.54) is 25.5 Å². The Morgan fingerprint density at radius 2 is 1.87 bits per heavy atom. The first kappa shape index (κ1) is 21.8. The third-order valence-electron chi connectivity index (χ3n) is 4.75. The van der Waals surface area contributed by atoms with Gasteiger partial charge in [-0.15, -0.1) is 0 Å². The van der Waals surface area contributed by atoms with Gasteiger partial charge in [-0.3, -0.25) is 14.8 Å². The fourth-order valence-electron chi connectivity index (χ4n) is 3.17. The van der Waals surface area contributed by atoms with Crippen LogP contribution in [0.3, 0.4) is 0 Å². The van der Waals surface area contributed by atoms with Gasteiger partial charge in [0.05, 0.1) is 36.8 Å². The number of ketones is 1. The van der Waals surface area contributed by atoms with E-state index >= 15 is 0 Å². The van der Waals surface area contributed by atoms with Gasteiger partial charge in [0.15, 0.2) is 5.78 Å². The van der Waals surface area contributed by atoms with Crippen LogP contribution in [-0.4, -0.2) is 36.9 Å². The minimum absolute atomic E-state index is 0.133. The summed E-state index contributed by atoms with van der Waals surface area (Å²) in [5.41, 5.74) is 1.88. The topological polar surface area (TPSA) is 87.4 Å². The number of benzene rings is 2. The van der Waals surface area contributed by atoms with Crippen LogP contribution in [0.2, 0.25) is 0 Å². The first-order valence-electron chi connectivity index (χ1n) is 9.64. The van der Waals surface area contributed by atoms with E-state index in [1.807, 2.05) is 18.2 Å². The largest absolute Gasteiger partial charge is 0.495 e. The molecular formula is C24H23FN4O2. The van der Waals surface area contributed by atoms with Gasteiger partial charge < -0.3 is 15.5 Å². The highest BCUT2D eigenvalue weighted by molar-refractivity contribution is 6.22. The van der Waals surface area contributed by atoms with Crippen molar-refractivity contribution in [1.29, 1.82) is 5.41 Å². The third-order valence-corrected chi connectivity index (χ3v) is 4.75. The molecule has 0 bridgehead atoms. The maximum absolute atomic E-state index is 13.7. The number of rotatable bonds is 9. The molecule has 7 heteroatoms. The SMILES string of the molecule is CN=CC(C(=N)c1ccccc1)C(=O)C(Nc1cncc(OC)c1)c1ccc(F)cc1. The molecule has 2 N–H and O–H groups in total. The predicted octanol–water partition coefficient (Wildman–Crippen LogP) is 4.34. The predicted molar refractivity (Wildman–Crippen MR) is 120 cm³/mol. The molecule has 1 heterocycles. The van der Waals surface area contributed by atoms with Crippen LogP contribution in [0.4, 0.5) is 10.1 Å². The standard InChI is InChI=1S/C24H23FN4O2/c1-27-15-21(22(26)16-6-4-3-5-7-16)24(30)23(17-8-10-18(25)11-9-17)29-19-12-20(31-2)14-28-13-19/h3-15,21,23,26,29H,1-2H3. The summed E-state index contributed by atoms with van der Waals surface area (Å²) >= 11 is 0. The monoisotopic (exact) mass is 418 g/mol. The number of aliphatic imine (C=N–C) groups is 1. The van der Waals surface area contributed by atoms with Crippen LogP contribution in [0.25, 0.3) is 0 Å². The van der Waals surface area contributed by atoms with Gasteiger partial charge in [0.2, 0.25) is 0 Å². The quantitative estimate of drug-likeness (QED) is 0.506. The number of nitrogens with one attached hydrogen (secondary N) is 2. The number of carbonyl (C=O) groups excluding carboxylic acids is 1. The maximum atomic E-state index is 13.7. The fourth-order valence-corrected chi connectivity index (χ4v) is 3.17. The van der Waals surface area contributed by atoms with Crippen LogP contribution in [0.1, 0.15) is 17.2 Å². The van der Waals surface area contributed by atoms with Crippen molar-refractivity contribution in [2.45, 2.75) is 6.04 Å². The number of ether oxygens (including phenoxy) is 1. The lowest BCUT2D eigenvalue weighted by molar-refractivity contribution is -0.120. The Labute approximate surface area is 180 Å². The summed E-state index contributed by atoms with van der Waals surface area (Å²) in [5, 5.41) is 11.8. The second kappa shape index (κ2) is 10.2. The zero-order valence-electron chi connectivity index (χ0n) is 17.2. The van der Waals surface area contributed by atoms with Gasteiger partial charge >= 0.3 is 0 Å². The van der Waals surface area contributed by atoms with Crippen LogP contribution in [0, 0.1) is 17.1 Å². The van der Waals surface area contributed by atoms with Crippen molar-refractivity contribution in [3.8, 4) is 5.75 Å². The average Bonchev–Trinajstić information content (AvgIpc) is 2.81. The minimum atomic E-state index is -0.895. The maximum Gasteiger partial charge on any atom is 0.173 e. The molecule has 0 radical (unpaired) electrons. The summed E-state index contributed by atoms with van der Waals surface area (Å²) in [5.74, 6) is -1.07. The smallest absolute Gasteiger partial charge is 0.173 e. The van der Waals surface area contributed by atoms with E-state index in [0.29, 0.717) is 22.6 Å². The number of nitrogens with zero attached hydrogens (tertiary/aromatic N) is 2. The van der Waals surface area contributed by atoms with Crippen LogP contribution >= 0.6 is 0 Å². The number of Topliss-reactive ketones (excluding diaryl/α,β-unsaturated/α-hetero) is 1. The average molecular weight is 418 g/mol. The summed E-state index contributed by atoms with van der Waals surface area (Å²) in [7, 11) is 3.09. The van der Waals surface area contributed by atoms with E-state index in [1.54, 1.807) is 49.8 Å². The summed E-state index contributed by atoms with van der Waals surface area (Å²) in [4.78, 5) is 21.8. The third kappa shape index (κ3) is 5.39. The van der Waals surface area contributed by atoms with Gasteiger partial charge in [0, 0.05) is 19.3 Å². The molecule has 0 saturated carbocycles. The first-order chi connectivity index (χ1) is 15.0. The molecule has 2 unspecified atom stereocenters. The van der Waals surface area contributed by atoms with Crippen molar-refractivity contribution in [1.82, 2.24) is 4.98 Å². The van der Waals surface area contributed by atoms with Crippen molar-refractivity contribution in [2.24, 2.45) is 10.9 Å². The van der Waals surface area contributed by atoms with Crippen LogP contribution in [0.15, 0.2) is 78.0 Å². The minimum Gasteiger partial charge on any atom is -0.495 e. The van der Waals surface area contributed by atoms with E-state index in [2.05, 4.69) is 15.3 Å². The van der Waals surface area contributed by atoms with E-state index in [-0.39, 0.29) is 11.5 Å². The summed E-state index contributed by atoms with van der Waals surface area (Å²) in [6.45, 7) is 0. The molecule has 3 rings (SSSR count). The van der Waals surface area contributed by atoms with Gasteiger partial charge in [0.1, 0.15) is 17.6 Å². The molecule has 1 aromatic heterocycles. The highest BCUT2D eigenvalue weighted by Crippen LogP contribution is 2.26. The molecular weight excluding hydrogens is 395 g/mol. The van der Waals surface area contributed by atoms with Crippen molar-refractivity contribution >= 4 is 23.4 Å². The summed E-state index contributed by atoms with van der Waals surface area (Å²) < 4.78 is 18.7. The molecule has 3 aromatic rings. The molecule has 0 amide bonds. The molecule has 0 fully saturated rings. The lowest BCUT2D eigenvalue weighted by atomic mass is 9.87. The number of anilines is 1. The highest BCUT2D eigenvalue weighted by Gasteiger charge is 2.31. The summed E-state index contributed by atoms with van der Waals surface area (Å²) in [6.07, 6.45) is 4.58. The number of methoxy groups -OCH3 is 1. The Morgan fingerprint density at radius 3 is 2.52 bits per heavy atom. The zero-order chi connectivity index (χ0) is 22.2. The zero-order valence-corrected chi connectivity index (χ0v) is 17.2. The second-order valence-electron chi connectivity index (χ2n) is 6.81. The van der Waals surface area contributed by atoms with Gasteiger partial charge in [-0.1, -0.05) is 42.5 Å². The molecule has 2 atom stereocenters. The lowest BCUT2D eigenvalue weighted by Crippen LogP contribution is -2.33. The van der Waals surface area contributed by atoms with Crippen molar-refractivity contribution in [3.05, 3.63) is 90.0 Å². The molecule has 0 aliphatic heterocycles. The molecule has 0 spiro atoms. The molecule has 0 saturated heterocycles. The van der Waals surface area contributed by atoms with Gasteiger partial charge in [-0.2, -0.15) is 0 Å². The van der Waals surface area contributed by atoms with E-state index in [9.17, 15) is 9.18 Å². The number of aromatic nitrogens is 1. The molecule has 6 nitrogen and oxygen atoms in total. The first-order valence-corrected chi connectivity index (χ1v) is 9.64. The molecule has 2 aromatic carbocycles. The Bertz CT molecular complexity index is 1070. The highest BCUT2D eigenvalue weighted by atomic mass is 19.1. The van der Waals surface area contributed by atoms with Crippen LogP contribution < -0.4 is 10.1 Å². The fraction of sp³-hybridized carbons (Fsp3) is 0.167. The van der Waals surface area contributed by atoms with Gasteiger partial charge in [-0.05, 0) is 23.3 Å². The second-order valence-corrected chi connectivity index (χ2v) is 6.81. The van der Waals surface area contributed by atoms with E-state index in [0.717, 1.165) is 0 Å². The van der Waals surface area contributed by atoms with E-state index < -0.39 is 17.8 Å². The van der Waals surface area contributed by atoms with Crippen LogP contribution in [0.5, 0.6) is 5.75 Å². The Hall–Kier alpha value is -3.87. The van der Waals surface area contributed by atoms with Crippen molar-refractivity contribution in [3.63, 3.8) is 0 Å². The number of hydrogen-bond donors (Lipinski definition) is 2.